The molecule has 31 heavy (non-hydrogen) atoms. The fraction of sp³-hybridized carbons (Fsp3) is 0.609. The molecule has 2 aromatic heterocycles. The van der Waals surface area contributed by atoms with Crippen LogP contribution in [-0.4, -0.2) is 47.3 Å². The minimum absolute atomic E-state index is 0.00905. The number of ether oxygens (including phenoxy) is 2. The summed E-state index contributed by atoms with van der Waals surface area (Å²) < 4.78 is 12.7. The molecule has 1 amide bonds. The van der Waals surface area contributed by atoms with Crippen molar-refractivity contribution in [1.82, 2.24) is 9.55 Å². The molecular formula is C23H32N4O4. The van der Waals surface area contributed by atoms with Crippen molar-refractivity contribution in [2.75, 3.05) is 24.4 Å². The molecule has 2 aliphatic rings. The minimum Gasteiger partial charge on any atom is -0.464 e. The monoisotopic (exact) mass is 428 g/mol. The zero-order valence-corrected chi connectivity index (χ0v) is 18.4. The summed E-state index contributed by atoms with van der Waals surface area (Å²) in [6.45, 7) is 2.65. The molecule has 1 aliphatic carbocycles. The second kappa shape index (κ2) is 9.68. The third-order valence-corrected chi connectivity index (χ3v) is 6.21. The Labute approximate surface area is 182 Å². The molecule has 2 aromatic rings. The van der Waals surface area contributed by atoms with Gasteiger partial charge in [0.1, 0.15) is 5.65 Å². The van der Waals surface area contributed by atoms with Gasteiger partial charge in [-0.15, -0.1) is 0 Å². The number of hydrogen-bond donors (Lipinski definition) is 2. The van der Waals surface area contributed by atoms with Crippen LogP contribution in [0.15, 0.2) is 12.3 Å². The Morgan fingerprint density at radius 3 is 2.61 bits per heavy atom. The molecule has 2 N–H and O–H groups in total. The predicted octanol–water partition coefficient (Wildman–Crippen LogP) is 4.10. The fourth-order valence-electron chi connectivity index (χ4n) is 4.74. The quantitative estimate of drug-likeness (QED) is 0.531. The number of pyridine rings is 1. The molecule has 168 valence electrons. The topological polar surface area (TPSA) is 94.5 Å². The second-order valence-electron chi connectivity index (χ2n) is 8.57. The van der Waals surface area contributed by atoms with Crippen LogP contribution in [0.3, 0.4) is 0 Å². The first kappa shape index (κ1) is 21.6. The van der Waals surface area contributed by atoms with E-state index in [1.165, 1.54) is 39.7 Å². The Morgan fingerprint density at radius 2 is 1.97 bits per heavy atom. The van der Waals surface area contributed by atoms with E-state index in [1.807, 2.05) is 16.8 Å². The number of anilines is 2. The van der Waals surface area contributed by atoms with Crippen LogP contribution in [0.2, 0.25) is 0 Å². The highest BCUT2D eigenvalue weighted by atomic mass is 16.5. The van der Waals surface area contributed by atoms with Crippen molar-refractivity contribution in [3.8, 4) is 0 Å². The number of amides is 1. The number of aromatic nitrogens is 2. The molecule has 1 atom stereocenters. The Morgan fingerprint density at radius 1 is 1.19 bits per heavy atom. The maximum atomic E-state index is 12.7. The molecule has 8 nitrogen and oxygen atoms in total. The Kier molecular flexibility index (Phi) is 6.75. The van der Waals surface area contributed by atoms with E-state index in [0.29, 0.717) is 29.6 Å². The Hall–Kier alpha value is -2.61. The Balaban J connectivity index is 1.76. The average Bonchev–Trinajstić information content (AvgIpc) is 3.27. The lowest BCUT2D eigenvalue weighted by atomic mass is 10.1. The normalized spacial score (nSPS) is 19.9. The number of fused-ring (bicyclic) bond motifs is 1. The molecule has 1 aliphatic heterocycles. The summed E-state index contributed by atoms with van der Waals surface area (Å²) in [7, 11) is 1.35. The van der Waals surface area contributed by atoms with Crippen molar-refractivity contribution in [3.05, 3.63) is 18.0 Å². The summed E-state index contributed by atoms with van der Waals surface area (Å²) in [5.74, 6) is -0.749. The summed E-state index contributed by atoms with van der Waals surface area (Å²) >= 11 is 0. The number of carbonyl (C=O) groups excluding carboxylic acids is 2. The third kappa shape index (κ3) is 4.84. The van der Waals surface area contributed by atoms with Crippen LogP contribution in [0.25, 0.3) is 11.0 Å². The standard InChI is InChI=1S/C23H32N4O4/c1-15(28)25-20-19-12-17(26-16-8-5-3-4-6-9-16)13-24-22(19)27(21(20)23(29)30-2)14-18-10-7-11-31-18/h12-13,16,18,26H,3-11,14H2,1-2H3,(H,25,28). The van der Waals surface area contributed by atoms with Gasteiger partial charge in [0.2, 0.25) is 5.91 Å². The van der Waals surface area contributed by atoms with E-state index in [9.17, 15) is 9.59 Å². The Bertz CT molecular complexity index is 941. The van der Waals surface area contributed by atoms with Gasteiger partial charge in [0, 0.05) is 25.0 Å². The third-order valence-electron chi connectivity index (χ3n) is 6.21. The molecule has 0 radical (unpaired) electrons. The zero-order chi connectivity index (χ0) is 21.8. The largest absolute Gasteiger partial charge is 0.464 e. The van der Waals surface area contributed by atoms with E-state index in [2.05, 4.69) is 10.6 Å². The summed E-state index contributed by atoms with van der Waals surface area (Å²) in [4.78, 5) is 29.4. The highest BCUT2D eigenvalue weighted by Gasteiger charge is 2.28. The predicted molar refractivity (Wildman–Crippen MR) is 119 cm³/mol. The first-order valence-corrected chi connectivity index (χ1v) is 11.3. The first-order chi connectivity index (χ1) is 15.1. The number of hydrogen-bond acceptors (Lipinski definition) is 6. The second-order valence-corrected chi connectivity index (χ2v) is 8.57. The highest BCUT2D eigenvalue weighted by Crippen LogP contribution is 2.34. The number of rotatable bonds is 6. The van der Waals surface area contributed by atoms with Crippen molar-refractivity contribution in [2.24, 2.45) is 0 Å². The lowest BCUT2D eigenvalue weighted by Crippen LogP contribution is -2.21. The zero-order valence-electron chi connectivity index (χ0n) is 18.4. The number of nitrogens with one attached hydrogen (secondary N) is 2. The molecule has 2 fully saturated rings. The molecule has 4 rings (SSSR count). The first-order valence-electron chi connectivity index (χ1n) is 11.3. The van der Waals surface area contributed by atoms with Gasteiger partial charge in [-0.3, -0.25) is 4.79 Å². The molecule has 0 bridgehead atoms. The molecule has 8 heteroatoms. The summed E-state index contributed by atoms with van der Waals surface area (Å²) in [6, 6.07) is 2.40. The van der Waals surface area contributed by atoms with E-state index in [1.54, 1.807) is 0 Å². The molecule has 0 aromatic carbocycles. The van der Waals surface area contributed by atoms with E-state index in [0.717, 1.165) is 43.4 Å². The maximum absolute atomic E-state index is 12.7. The lowest BCUT2D eigenvalue weighted by Gasteiger charge is -2.17. The van der Waals surface area contributed by atoms with Crippen LogP contribution in [0.5, 0.6) is 0 Å². The van der Waals surface area contributed by atoms with Gasteiger partial charge in [-0.05, 0) is 31.7 Å². The van der Waals surface area contributed by atoms with Gasteiger partial charge in [-0.25, -0.2) is 9.78 Å². The summed E-state index contributed by atoms with van der Waals surface area (Å²) in [5.41, 5.74) is 2.30. The number of carbonyl (C=O) groups is 2. The molecular weight excluding hydrogens is 396 g/mol. The fourth-order valence-corrected chi connectivity index (χ4v) is 4.74. The van der Waals surface area contributed by atoms with Gasteiger partial charge < -0.3 is 24.7 Å². The van der Waals surface area contributed by atoms with Crippen molar-refractivity contribution >= 4 is 34.3 Å². The number of nitrogens with zero attached hydrogens (tertiary/aromatic N) is 2. The van der Waals surface area contributed by atoms with Crippen LogP contribution in [0, 0.1) is 0 Å². The van der Waals surface area contributed by atoms with Crippen LogP contribution < -0.4 is 10.6 Å². The van der Waals surface area contributed by atoms with Crippen LogP contribution in [0.1, 0.15) is 68.8 Å². The van der Waals surface area contributed by atoms with Gasteiger partial charge in [0.15, 0.2) is 5.69 Å². The van der Waals surface area contributed by atoms with Crippen molar-refractivity contribution in [3.63, 3.8) is 0 Å². The van der Waals surface area contributed by atoms with Crippen LogP contribution in [-0.2, 0) is 20.8 Å². The van der Waals surface area contributed by atoms with E-state index < -0.39 is 5.97 Å². The molecule has 1 saturated carbocycles. The lowest BCUT2D eigenvalue weighted by molar-refractivity contribution is -0.114. The van der Waals surface area contributed by atoms with Crippen LogP contribution in [0.4, 0.5) is 11.4 Å². The number of methoxy groups -OCH3 is 1. The SMILES string of the molecule is COC(=O)c1c(NC(C)=O)c2cc(NC3CCCCCC3)cnc2n1CC1CCCO1. The van der Waals surface area contributed by atoms with Crippen molar-refractivity contribution in [1.29, 1.82) is 0 Å². The van der Waals surface area contributed by atoms with E-state index in [-0.39, 0.29) is 12.0 Å². The molecule has 1 saturated heterocycles. The maximum Gasteiger partial charge on any atom is 0.356 e. The van der Waals surface area contributed by atoms with Gasteiger partial charge in [-0.1, -0.05) is 25.7 Å². The minimum atomic E-state index is -0.502. The van der Waals surface area contributed by atoms with Crippen molar-refractivity contribution < 1.29 is 19.1 Å². The molecule has 1 unspecified atom stereocenters. The molecule has 3 heterocycles. The molecule has 0 spiro atoms. The smallest absolute Gasteiger partial charge is 0.356 e. The van der Waals surface area contributed by atoms with Crippen molar-refractivity contribution in [2.45, 2.75) is 77.0 Å². The van der Waals surface area contributed by atoms with Crippen LogP contribution >= 0.6 is 0 Å². The van der Waals surface area contributed by atoms with E-state index >= 15 is 0 Å². The highest BCUT2D eigenvalue weighted by molar-refractivity contribution is 6.10. The van der Waals surface area contributed by atoms with E-state index in [4.69, 9.17) is 14.5 Å². The number of esters is 1. The van der Waals surface area contributed by atoms with Gasteiger partial charge in [0.05, 0.1) is 37.3 Å². The summed E-state index contributed by atoms with van der Waals surface area (Å²) in [6.07, 6.45) is 11.1. The average molecular weight is 429 g/mol. The van der Waals surface area contributed by atoms with Gasteiger partial charge in [0.25, 0.3) is 0 Å². The summed E-state index contributed by atoms with van der Waals surface area (Å²) in [5, 5.41) is 7.19. The van der Waals surface area contributed by atoms with Gasteiger partial charge in [-0.2, -0.15) is 0 Å². The van der Waals surface area contributed by atoms with Gasteiger partial charge >= 0.3 is 5.97 Å².